The third kappa shape index (κ3) is 6.88. The van der Waals surface area contributed by atoms with Gasteiger partial charge in [-0.15, -0.1) is 24.8 Å². The standard InChI is InChI=1S/C23H32N4O3S.2ClH/c1-19(2)26-11-9-25(10-12-26)18-20-3-8-23(24-17-20)21-4-6-22(7-5-21)31(28,29)27-13-15-30-16-14-27;;/h3-8,17,19H,9-16,18H2,1-2H3;2*1H. The second-order valence-electron chi connectivity index (χ2n) is 8.50. The van der Waals surface area contributed by atoms with Crippen molar-refractivity contribution >= 4 is 34.8 Å². The summed E-state index contributed by atoms with van der Waals surface area (Å²) < 4.78 is 32.3. The number of piperazine rings is 1. The van der Waals surface area contributed by atoms with Gasteiger partial charge >= 0.3 is 0 Å². The van der Waals surface area contributed by atoms with Crippen molar-refractivity contribution < 1.29 is 13.2 Å². The number of nitrogens with zero attached hydrogens (tertiary/aromatic N) is 4. The van der Waals surface area contributed by atoms with E-state index in [-0.39, 0.29) is 24.8 Å². The van der Waals surface area contributed by atoms with Gasteiger partial charge in [0, 0.05) is 63.6 Å². The normalized spacial score (nSPS) is 18.5. The lowest BCUT2D eigenvalue weighted by Gasteiger charge is -2.36. The molecule has 2 aromatic rings. The molecule has 3 heterocycles. The molecule has 2 aliphatic rings. The van der Waals surface area contributed by atoms with Gasteiger partial charge in [0.1, 0.15) is 0 Å². The van der Waals surface area contributed by atoms with E-state index in [0.29, 0.717) is 37.2 Å². The van der Waals surface area contributed by atoms with Gasteiger partial charge < -0.3 is 4.74 Å². The first-order chi connectivity index (χ1) is 14.9. The van der Waals surface area contributed by atoms with E-state index in [1.54, 1.807) is 12.1 Å². The van der Waals surface area contributed by atoms with E-state index in [0.717, 1.165) is 44.0 Å². The quantitative estimate of drug-likeness (QED) is 0.587. The van der Waals surface area contributed by atoms with E-state index in [4.69, 9.17) is 4.74 Å². The van der Waals surface area contributed by atoms with Crippen LogP contribution in [0.4, 0.5) is 0 Å². The summed E-state index contributed by atoms with van der Waals surface area (Å²) >= 11 is 0. The zero-order valence-electron chi connectivity index (χ0n) is 19.2. The first-order valence-corrected chi connectivity index (χ1v) is 12.5. The van der Waals surface area contributed by atoms with Crippen LogP contribution in [0.25, 0.3) is 11.3 Å². The molecule has 0 aliphatic carbocycles. The number of halogens is 2. The summed E-state index contributed by atoms with van der Waals surface area (Å²) in [5.41, 5.74) is 2.97. The van der Waals surface area contributed by atoms with Crippen molar-refractivity contribution in [2.75, 3.05) is 52.5 Å². The molecule has 2 aliphatic heterocycles. The second kappa shape index (κ2) is 12.4. The van der Waals surface area contributed by atoms with Crippen molar-refractivity contribution in [1.29, 1.82) is 0 Å². The monoisotopic (exact) mass is 516 g/mol. The maximum Gasteiger partial charge on any atom is 0.243 e. The van der Waals surface area contributed by atoms with Gasteiger partial charge in [0.2, 0.25) is 10.0 Å². The summed E-state index contributed by atoms with van der Waals surface area (Å²) in [5.74, 6) is 0. The fraction of sp³-hybridized carbons (Fsp3) is 0.522. The Hall–Kier alpha value is -1.26. The van der Waals surface area contributed by atoms with E-state index in [1.165, 1.54) is 9.87 Å². The van der Waals surface area contributed by atoms with E-state index in [9.17, 15) is 8.42 Å². The van der Waals surface area contributed by atoms with Crippen LogP contribution in [0.1, 0.15) is 19.4 Å². The number of rotatable bonds is 6. The van der Waals surface area contributed by atoms with Gasteiger partial charge in [-0.2, -0.15) is 4.31 Å². The zero-order valence-corrected chi connectivity index (χ0v) is 21.7. The fourth-order valence-electron chi connectivity index (χ4n) is 4.12. The van der Waals surface area contributed by atoms with Crippen LogP contribution < -0.4 is 0 Å². The topological polar surface area (TPSA) is 66.0 Å². The Morgan fingerprint density at radius 1 is 0.909 bits per heavy atom. The van der Waals surface area contributed by atoms with Crippen LogP contribution in [0.2, 0.25) is 0 Å². The Labute approximate surface area is 210 Å². The van der Waals surface area contributed by atoms with E-state index >= 15 is 0 Å². The number of sulfonamides is 1. The Balaban J connectivity index is 0.00000193. The van der Waals surface area contributed by atoms with Crippen molar-refractivity contribution in [3.8, 4) is 11.3 Å². The van der Waals surface area contributed by atoms with Crippen molar-refractivity contribution in [2.24, 2.45) is 0 Å². The van der Waals surface area contributed by atoms with Crippen LogP contribution >= 0.6 is 24.8 Å². The highest BCUT2D eigenvalue weighted by Crippen LogP contribution is 2.23. The largest absolute Gasteiger partial charge is 0.379 e. The minimum absolute atomic E-state index is 0. The number of morpholine rings is 1. The summed E-state index contributed by atoms with van der Waals surface area (Å²) in [5, 5.41) is 0. The van der Waals surface area contributed by atoms with E-state index < -0.39 is 10.0 Å². The molecule has 0 radical (unpaired) electrons. The Morgan fingerprint density at radius 2 is 1.55 bits per heavy atom. The number of hydrogen-bond acceptors (Lipinski definition) is 6. The molecule has 0 atom stereocenters. The lowest BCUT2D eigenvalue weighted by atomic mass is 10.1. The predicted molar refractivity (Wildman–Crippen MR) is 136 cm³/mol. The maximum atomic E-state index is 12.8. The molecule has 33 heavy (non-hydrogen) atoms. The molecule has 2 fully saturated rings. The molecule has 0 bridgehead atoms. The van der Waals surface area contributed by atoms with Gasteiger partial charge in [-0.1, -0.05) is 18.2 Å². The van der Waals surface area contributed by atoms with Gasteiger partial charge in [0.05, 0.1) is 23.8 Å². The molecule has 184 valence electrons. The molecule has 10 heteroatoms. The minimum atomic E-state index is -3.47. The average Bonchev–Trinajstić information content (AvgIpc) is 2.81. The predicted octanol–water partition coefficient (Wildman–Crippen LogP) is 3.14. The highest BCUT2D eigenvalue weighted by molar-refractivity contribution is 7.89. The number of hydrogen-bond donors (Lipinski definition) is 0. The van der Waals surface area contributed by atoms with Gasteiger partial charge in [-0.05, 0) is 37.6 Å². The third-order valence-corrected chi connectivity index (χ3v) is 8.04. The second-order valence-corrected chi connectivity index (χ2v) is 10.4. The molecular formula is C23H34Cl2N4O3S. The van der Waals surface area contributed by atoms with Gasteiger partial charge in [-0.25, -0.2) is 8.42 Å². The number of ether oxygens (including phenoxy) is 1. The molecular weight excluding hydrogens is 483 g/mol. The Morgan fingerprint density at radius 3 is 2.09 bits per heavy atom. The third-order valence-electron chi connectivity index (χ3n) is 6.13. The average molecular weight is 518 g/mol. The fourth-order valence-corrected chi connectivity index (χ4v) is 5.53. The highest BCUT2D eigenvalue weighted by atomic mass is 35.5. The molecule has 1 aromatic carbocycles. The summed E-state index contributed by atoms with van der Waals surface area (Å²) in [6.45, 7) is 11.5. The lowest BCUT2D eigenvalue weighted by molar-refractivity contribution is 0.0730. The summed E-state index contributed by atoms with van der Waals surface area (Å²) in [7, 11) is -3.47. The summed E-state index contributed by atoms with van der Waals surface area (Å²) in [6, 6.07) is 11.8. The molecule has 7 nitrogen and oxygen atoms in total. The molecule has 0 N–H and O–H groups in total. The number of benzene rings is 1. The molecule has 2 saturated heterocycles. The Kier molecular flexibility index (Phi) is 10.6. The van der Waals surface area contributed by atoms with Crippen molar-refractivity contribution in [1.82, 2.24) is 19.1 Å². The van der Waals surface area contributed by atoms with Crippen LogP contribution in [0.5, 0.6) is 0 Å². The van der Waals surface area contributed by atoms with E-state index in [1.807, 2.05) is 24.4 Å². The van der Waals surface area contributed by atoms with Gasteiger partial charge in [0.25, 0.3) is 0 Å². The van der Waals surface area contributed by atoms with Crippen LogP contribution in [-0.2, 0) is 21.3 Å². The Bertz CT molecular complexity index is 958. The zero-order chi connectivity index (χ0) is 21.8. The SMILES string of the molecule is CC(C)N1CCN(Cc2ccc(-c3ccc(S(=O)(=O)N4CCOCC4)cc3)nc2)CC1.Cl.Cl. The maximum absolute atomic E-state index is 12.8. The van der Waals surface area contributed by atoms with Crippen LogP contribution in [-0.4, -0.2) is 86.0 Å². The van der Waals surface area contributed by atoms with Crippen LogP contribution in [0, 0.1) is 0 Å². The van der Waals surface area contributed by atoms with E-state index in [2.05, 4.69) is 34.7 Å². The first kappa shape index (κ1) is 28.0. The first-order valence-electron chi connectivity index (χ1n) is 11.0. The highest BCUT2D eigenvalue weighted by Gasteiger charge is 2.26. The molecule has 1 aromatic heterocycles. The molecule has 4 rings (SSSR count). The molecule has 0 amide bonds. The van der Waals surface area contributed by atoms with Gasteiger partial charge in [-0.3, -0.25) is 14.8 Å². The summed E-state index contributed by atoms with van der Waals surface area (Å²) in [6.07, 6.45) is 1.93. The van der Waals surface area contributed by atoms with Gasteiger partial charge in [0.15, 0.2) is 0 Å². The molecule has 0 unspecified atom stereocenters. The molecule has 0 spiro atoms. The summed E-state index contributed by atoms with van der Waals surface area (Å²) in [4.78, 5) is 9.93. The van der Waals surface area contributed by atoms with Crippen molar-refractivity contribution in [2.45, 2.75) is 31.3 Å². The molecule has 0 saturated carbocycles. The minimum Gasteiger partial charge on any atom is -0.379 e. The van der Waals surface area contributed by atoms with Crippen LogP contribution in [0.15, 0.2) is 47.5 Å². The van der Waals surface area contributed by atoms with Crippen molar-refractivity contribution in [3.63, 3.8) is 0 Å². The number of aromatic nitrogens is 1. The lowest BCUT2D eigenvalue weighted by Crippen LogP contribution is -2.48. The van der Waals surface area contributed by atoms with Crippen LogP contribution in [0.3, 0.4) is 0 Å². The number of pyridine rings is 1. The van der Waals surface area contributed by atoms with Crippen molar-refractivity contribution in [3.05, 3.63) is 48.2 Å². The smallest absolute Gasteiger partial charge is 0.243 e.